The third-order valence-electron chi connectivity index (χ3n) is 2.69. The maximum atomic E-state index is 12.3. The summed E-state index contributed by atoms with van der Waals surface area (Å²) in [5, 5.41) is 2.43. The van der Waals surface area contributed by atoms with Gasteiger partial charge in [0.15, 0.2) is 10.2 Å². The van der Waals surface area contributed by atoms with Gasteiger partial charge in [-0.3, -0.25) is 19.2 Å². The van der Waals surface area contributed by atoms with Gasteiger partial charge >= 0.3 is 0 Å². The molecular formula is C14H24N2O4S2. The van der Waals surface area contributed by atoms with E-state index < -0.39 is 11.8 Å². The molecule has 0 atom stereocenters. The van der Waals surface area contributed by atoms with E-state index in [2.05, 4.69) is 0 Å². The van der Waals surface area contributed by atoms with E-state index in [4.69, 9.17) is 0 Å². The summed E-state index contributed by atoms with van der Waals surface area (Å²) >= 11 is 1.76. The van der Waals surface area contributed by atoms with E-state index in [0.29, 0.717) is 13.1 Å². The Kier molecular flexibility index (Phi) is 11.2. The van der Waals surface area contributed by atoms with Gasteiger partial charge in [0.1, 0.15) is 0 Å². The van der Waals surface area contributed by atoms with Crippen LogP contribution in [-0.4, -0.2) is 56.7 Å². The highest BCUT2D eigenvalue weighted by molar-refractivity contribution is 8.14. The Morgan fingerprint density at radius 2 is 1.32 bits per heavy atom. The van der Waals surface area contributed by atoms with Crippen LogP contribution in [0.15, 0.2) is 0 Å². The molecule has 126 valence electrons. The molecule has 8 heteroatoms. The van der Waals surface area contributed by atoms with Crippen molar-refractivity contribution in [3.63, 3.8) is 0 Å². The van der Waals surface area contributed by atoms with E-state index in [1.54, 1.807) is 5.01 Å². The number of carbonyl (C=O) groups is 4. The standard InChI is InChI=1S/C14H24N2O4S2/c1-5-7-8-15(6-2)16(13(19)9-21-11(3)17)14(20)10-22-12(4)18/h5-10H2,1-4H3. The number of hydrogen-bond acceptors (Lipinski definition) is 7. The summed E-state index contributed by atoms with van der Waals surface area (Å²) in [7, 11) is 0. The minimum Gasteiger partial charge on any atom is -0.288 e. The lowest BCUT2D eigenvalue weighted by molar-refractivity contribution is -0.160. The molecule has 0 aliphatic carbocycles. The van der Waals surface area contributed by atoms with Crippen LogP contribution in [0.25, 0.3) is 0 Å². The lowest BCUT2D eigenvalue weighted by atomic mass is 10.3. The molecule has 0 saturated heterocycles. The number of amides is 2. The highest BCUT2D eigenvalue weighted by atomic mass is 32.2. The van der Waals surface area contributed by atoms with E-state index in [1.807, 2.05) is 13.8 Å². The summed E-state index contributed by atoms with van der Waals surface area (Å²) in [6, 6.07) is 0. The highest BCUT2D eigenvalue weighted by Crippen LogP contribution is 2.11. The summed E-state index contributed by atoms with van der Waals surface area (Å²) in [6.45, 7) is 7.74. The van der Waals surface area contributed by atoms with Crippen LogP contribution in [0.5, 0.6) is 0 Å². The molecule has 0 N–H and O–H groups in total. The molecule has 0 bridgehead atoms. The molecule has 6 nitrogen and oxygen atoms in total. The van der Waals surface area contributed by atoms with Gasteiger partial charge in [-0.1, -0.05) is 43.8 Å². The van der Waals surface area contributed by atoms with E-state index in [1.165, 1.54) is 13.8 Å². The van der Waals surface area contributed by atoms with Gasteiger partial charge < -0.3 is 0 Å². The third kappa shape index (κ3) is 8.55. The molecule has 0 aromatic carbocycles. The quantitative estimate of drug-likeness (QED) is 0.589. The molecule has 0 heterocycles. The zero-order chi connectivity index (χ0) is 17.1. The van der Waals surface area contributed by atoms with E-state index in [-0.39, 0.29) is 21.7 Å². The SMILES string of the molecule is CCCCN(CC)N(C(=O)CSC(C)=O)C(=O)CSC(C)=O. The Morgan fingerprint density at radius 3 is 1.64 bits per heavy atom. The zero-order valence-corrected chi connectivity index (χ0v) is 15.2. The number of nitrogens with zero attached hydrogens (tertiary/aromatic N) is 2. The summed E-state index contributed by atoms with van der Waals surface area (Å²) in [4.78, 5) is 46.6. The lowest BCUT2D eigenvalue weighted by Crippen LogP contribution is -2.52. The zero-order valence-electron chi connectivity index (χ0n) is 13.6. The first kappa shape index (κ1) is 21.1. The van der Waals surface area contributed by atoms with Gasteiger partial charge in [-0.15, -0.1) is 0 Å². The fourth-order valence-electron chi connectivity index (χ4n) is 1.64. The van der Waals surface area contributed by atoms with Gasteiger partial charge in [-0.05, 0) is 6.42 Å². The van der Waals surface area contributed by atoms with E-state index in [0.717, 1.165) is 41.4 Å². The largest absolute Gasteiger partial charge is 0.288 e. The first-order valence-electron chi connectivity index (χ1n) is 7.20. The normalized spacial score (nSPS) is 10.6. The number of carbonyl (C=O) groups excluding carboxylic acids is 4. The maximum absolute atomic E-state index is 12.3. The molecule has 0 spiro atoms. The van der Waals surface area contributed by atoms with Gasteiger partial charge in [0.05, 0.1) is 11.5 Å². The van der Waals surface area contributed by atoms with Crippen LogP contribution in [0.3, 0.4) is 0 Å². The Bertz CT molecular complexity index is 386. The van der Waals surface area contributed by atoms with Crippen molar-refractivity contribution in [3.8, 4) is 0 Å². The topological polar surface area (TPSA) is 74.8 Å². The number of rotatable bonds is 9. The minimum atomic E-state index is -0.424. The van der Waals surface area contributed by atoms with Crippen LogP contribution in [0, 0.1) is 0 Å². The average molecular weight is 348 g/mol. The molecule has 0 aromatic heterocycles. The van der Waals surface area contributed by atoms with Crippen LogP contribution in [0.2, 0.25) is 0 Å². The maximum Gasteiger partial charge on any atom is 0.254 e. The number of hydrazine groups is 1. The van der Waals surface area contributed by atoms with Gasteiger partial charge in [-0.25, -0.2) is 10.0 Å². The van der Waals surface area contributed by atoms with Crippen LogP contribution >= 0.6 is 23.5 Å². The molecule has 0 aliphatic rings. The van der Waals surface area contributed by atoms with Gasteiger partial charge in [0, 0.05) is 26.9 Å². The Morgan fingerprint density at radius 1 is 0.864 bits per heavy atom. The molecule has 0 rings (SSSR count). The summed E-state index contributed by atoms with van der Waals surface area (Å²) in [5.74, 6) is -0.998. The van der Waals surface area contributed by atoms with Crippen molar-refractivity contribution in [1.82, 2.24) is 10.0 Å². The minimum absolute atomic E-state index is 0.0750. The number of thioether (sulfide) groups is 2. The molecule has 22 heavy (non-hydrogen) atoms. The summed E-state index contributed by atoms with van der Waals surface area (Å²) < 4.78 is 0. The Hall–Kier alpha value is -0.860. The second kappa shape index (κ2) is 11.7. The second-order valence-corrected chi connectivity index (χ2v) is 6.86. The van der Waals surface area contributed by atoms with Gasteiger partial charge in [0.25, 0.3) is 11.8 Å². The third-order valence-corrected chi connectivity index (χ3v) is 4.28. The predicted molar refractivity (Wildman–Crippen MR) is 90.3 cm³/mol. The van der Waals surface area contributed by atoms with Gasteiger partial charge in [0.2, 0.25) is 0 Å². The van der Waals surface area contributed by atoms with Crippen molar-refractivity contribution in [2.75, 3.05) is 24.6 Å². The van der Waals surface area contributed by atoms with Crippen molar-refractivity contribution < 1.29 is 19.2 Å². The van der Waals surface area contributed by atoms with Crippen LogP contribution in [0.4, 0.5) is 0 Å². The number of imide groups is 1. The smallest absolute Gasteiger partial charge is 0.254 e. The van der Waals surface area contributed by atoms with E-state index >= 15 is 0 Å². The monoisotopic (exact) mass is 348 g/mol. The first-order valence-corrected chi connectivity index (χ1v) is 9.17. The lowest BCUT2D eigenvalue weighted by Gasteiger charge is -2.32. The van der Waals surface area contributed by atoms with Crippen molar-refractivity contribution in [1.29, 1.82) is 0 Å². The fraction of sp³-hybridized carbons (Fsp3) is 0.714. The molecule has 2 amide bonds. The first-order chi connectivity index (χ1) is 10.3. The van der Waals surface area contributed by atoms with Crippen molar-refractivity contribution in [3.05, 3.63) is 0 Å². The molecule has 0 aromatic rings. The number of unbranched alkanes of at least 4 members (excludes halogenated alkanes) is 1. The van der Waals surface area contributed by atoms with Crippen LogP contribution in [-0.2, 0) is 19.2 Å². The Labute approximate surface area is 140 Å². The molecule has 0 fully saturated rings. The van der Waals surface area contributed by atoms with Crippen molar-refractivity contribution >= 4 is 45.6 Å². The van der Waals surface area contributed by atoms with Crippen LogP contribution < -0.4 is 0 Å². The van der Waals surface area contributed by atoms with E-state index in [9.17, 15) is 19.2 Å². The molecule has 0 radical (unpaired) electrons. The highest BCUT2D eigenvalue weighted by Gasteiger charge is 2.27. The van der Waals surface area contributed by atoms with Crippen LogP contribution in [0.1, 0.15) is 40.5 Å². The van der Waals surface area contributed by atoms with Crippen molar-refractivity contribution in [2.24, 2.45) is 0 Å². The van der Waals surface area contributed by atoms with Gasteiger partial charge in [-0.2, -0.15) is 0 Å². The Balaban J connectivity index is 5.00. The number of hydrogen-bond donors (Lipinski definition) is 0. The summed E-state index contributed by atoms with van der Waals surface area (Å²) in [5.41, 5.74) is 0. The summed E-state index contributed by atoms with van der Waals surface area (Å²) in [6.07, 6.45) is 1.79. The molecule has 0 saturated carbocycles. The fourth-order valence-corrected chi connectivity index (χ4v) is 2.54. The molecular weight excluding hydrogens is 324 g/mol. The molecule has 0 unspecified atom stereocenters. The predicted octanol–water partition coefficient (Wildman–Crippen LogP) is 1.94. The second-order valence-electron chi connectivity index (χ2n) is 4.56. The van der Waals surface area contributed by atoms with Crippen molar-refractivity contribution in [2.45, 2.75) is 40.5 Å². The average Bonchev–Trinajstić information content (AvgIpc) is 2.46. The molecule has 0 aliphatic heterocycles.